The van der Waals surface area contributed by atoms with Crippen molar-refractivity contribution in [1.82, 2.24) is 0 Å². The third-order valence-electron chi connectivity index (χ3n) is 1.28. The fourth-order valence-corrected chi connectivity index (χ4v) is 0.752. The van der Waals surface area contributed by atoms with E-state index in [1.165, 1.54) is 6.20 Å². The molecule has 1 unspecified atom stereocenters. The number of hydrogen-bond acceptors (Lipinski definition) is 3. The van der Waals surface area contributed by atoms with Crippen molar-refractivity contribution in [1.29, 1.82) is 0 Å². The molecule has 0 fully saturated rings. The zero-order chi connectivity index (χ0) is 7.56. The summed E-state index contributed by atoms with van der Waals surface area (Å²) in [6.45, 7) is 0. The van der Waals surface area contributed by atoms with E-state index in [-0.39, 0.29) is 6.04 Å². The van der Waals surface area contributed by atoms with Crippen LogP contribution in [0.1, 0.15) is 6.42 Å². The van der Waals surface area contributed by atoms with Gasteiger partial charge in [0.2, 0.25) is 0 Å². The van der Waals surface area contributed by atoms with Crippen LogP contribution in [0, 0.1) is 0 Å². The molecular weight excluding hydrogens is 130 g/mol. The maximum Gasteiger partial charge on any atom is 0.263 e. The van der Waals surface area contributed by atoms with Crippen LogP contribution in [0.4, 0.5) is 0 Å². The van der Waals surface area contributed by atoms with Crippen LogP contribution in [0.3, 0.4) is 0 Å². The van der Waals surface area contributed by atoms with Crippen molar-refractivity contribution in [2.45, 2.75) is 12.5 Å². The first-order valence-electron chi connectivity index (χ1n) is 2.99. The Morgan fingerprint density at radius 1 is 1.80 bits per heavy atom. The minimum atomic E-state index is -0.486. The Bertz CT molecular complexity index is 207. The second kappa shape index (κ2) is 2.62. The standard InChI is InChI=1S/C6H9N3O/c7-4-1-2-9-5(3-4)6(8)10/h1-2,4H,3,7H2,(H2,8,10). The lowest BCUT2D eigenvalue weighted by molar-refractivity contribution is -0.112. The number of hydrogen-bond donors (Lipinski definition) is 2. The van der Waals surface area contributed by atoms with Crippen LogP contribution < -0.4 is 11.5 Å². The van der Waals surface area contributed by atoms with Crippen molar-refractivity contribution in [3.8, 4) is 0 Å². The van der Waals surface area contributed by atoms with E-state index in [0.717, 1.165) is 0 Å². The molecule has 4 heteroatoms. The third kappa shape index (κ3) is 1.41. The van der Waals surface area contributed by atoms with Crippen LogP contribution in [0.25, 0.3) is 0 Å². The predicted octanol–water partition coefficient (Wildman–Crippen LogP) is -0.843. The topological polar surface area (TPSA) is 81.5 Å². The Labute approximate surface area is 58.6 Å². The second-order valence-corrected chi connectivity index (χ2v) is 2.15. The summed E-state index contributed by atoms with van der Waals surface area (Å²) >= 11 is 0. The summed E-state index contributed by atoms with van der Waals surface area (Å²) < 4.78 is 0. The maximum atomic E-state index is 10.5. The summed E-state index contributed by atoms with van der Waals surface area (Å²) in [5, 5.41) is 0. The van der Waals surface area contributed by atoms with E-state index in [0.29, 0.717) is 12.1 Å². The Hall–Kier alpha value is -1.16. The third-order valence-corrected chi connectivity index (χ3v) is 1.28. The van der Waals surface area contributed by atoms with E-state index >= 15 is 0 Å². The summed E-state index contributed by atoms with van der Waals surface area (Å²) in [6.07, 6.45) is 3.69. The molecule has 0 aromatic heterocycles. The summed E-state index contributed by atoms with van der Waals surface area (Å²) in [5.41, 5.74) is 10.8. The molecule has 0 spiro atoms. The molecule has 1 atom stereocenters. The Kier molecular flexibility index (Phi) is 1.82. The molecule has 0 aliphatic carbocycles. The molecule has 1 rings (SSSR count). The van der Waals surface area contributed by atoms with Crippen LogP contribution in [0.5, 0.6) is 0 Å². The van der Waals surface area contributed by atoms with Crippen LogP contribution in [0.15, 0.2) is 17.3 Å². The van der Waals surface area contributed by atoms with Crippen molar-refractivity contribution in [2.24, 2.45) is 16.5 Å². The van der Waals surface area contributed by atoms with Crippen molar-refractivity contribution in [3.05, 3.63) is 12.3 Å². The summed E-state index contributed by atoms with van der Waals surface area (Å²) in [4.78, 5) is 14.3. The van der Waals surface area contributed by atoms with Gasteiger partial charge in [-0.25, -0.2) is 0 Å². The molecule has 54 valence electrons. The van der Waals surface area contributed by atoms with Gasteiger partial charge in [-0.05, 0) is 6.08 Å². The molecule has 1 aliphatic rings. The first-order valence-corrected chi connectivity index (χ1v) is 2.99. The van der Waals surface area contributed by atoms with Gasteiger partial charge in [0.15, 0.2) is 0 Å². The van der Waals surface area contributed by atoms with Gasteiger partial charge in [0.1, 0.15) is 5.71 Å². The average molecular weight is 139 g/mol. The summed E-state index contributed by atoms with van der Waals surface area (Å²) in [6, 6.07) is -0.111. The van der Waals surface area contributed by atoms with Gasteiger partial charge in [-0.2, -0.15) is 0 Å². The highest BCUT2D eigenvalue weighted by molar-refractivity contribution is 6.38. The highest BCUT2D eigenvalue weighted by Crippen LogP contribution is 2.00. The average Bonchev–Trinajstić information content (AvgIpc) is 1.88. The maximum absolute atomic E-state index is 10.5. The molecule has 0 bridgehead atoms. The van der Waals surface area contributed by atoms with Gasteiger partial charge in [-0.1, -0.05) is 0 Å². The Morgan fingerprint density at radius 3 is 2.90 bits per heavy atom. The van der Waals surface area contributed by atoms with E-state index in [1.807, 2.05) is 0 Å². The van der Waals surface area contributed by atoms with E-state index in [9.17, 15) is 4.79 Å². The number of carbonyl (C=O) groups is 1. The van der Waals surface area contributed by atoms with Crippen LogP contribution in [-0.2, 0) is 4.79 Å². The van der Waals surface area contributed by atoms with E-state index in [2.05, 4.69) is 4.99 Å². The molecule has 4 N–H and O–H groups in total. The fourth-order valence-electron chi connectivity index (χ4n) is 0.752. The van der Waals surface area contributed by atoms with E-state index < -0.39 is 5.91 Å². The van der Waals surface area contributed by atoms with Crippen LogP contribution >= 0.6 is 0 Å². The summed E-state index contributed by atoms with van der Waals surface area (Å²) in [5.74, 6) is -0.486. The summed E-state index contributed by atoms with van der Waals surface area (Å²) in [7, 11) is 0. The lowest BCUT2D eigenvalue weighted by atomic mass is 10.1. The largest absolute Gasteiger partial charge is 0.365 e. The zero-order valence-electron chi connectivity index (χ0n) is 5.45. The number of rotatable bonds is 1. The minimum absolute atomic E-state index is 0.111. The van der Waals surface area contributed by atoms with Gasteiger partial charge in [-0.15, -0.1) is 0 Å². The molecule has 0 saturated carbocycles. The SMILES string of the molecule is NC(=O)C1=NC=CC(N)C1. The van der Waals surface area contributed by atoms with Gasteiger partial charge in [0, 0.05) is 18.7 Å². The smallest absolute Gasteiger partial charge is 0.263 e. The molecule has 10 heavy (non-hydrogen) atoms. The van der Waals surface area contributed by atoms with Crippen molar-refractivity contribution in [2.75, 3.05) is 0 Å². The van der Waals surface area contributed by atoms with Crippen molar-refractivity contribution >= 4 is 11.6 Å². The van der Waals surface area contributed by atoms with Gasteiger partial charge in [-0.3, -0.25) is 9.79 Å². The second-order valence-electron chi connectivity index (χ2n) is 2.15. The van der Waals surface area contributed by atoms with Gasteiger partial charge in [0.25, 0.3) is 5.91 Å². The van der Waals surface area contributed by atoms with E-state index in [4.69, 9.17) is 11.5 Å². The number of carbonyl (C=O) groups excluding carboxylic acids is 1. The quantitative estimate of drug-likeness (QED) is 0.496. The number of amides is 1. The number of aliphatic imine (C=N–C) groups is 1. The Balaban J connectivity index is 2.71. The molecule has 1 aliphatic heterocycles. The monoisotopic (exact) mass is 139 g/mol. The van der Waals surface area contributed by atoms with Crippen LogP contribution in [0.2, 0.25) is 0 Å². The molecule has 0 radical (unpaired) electrons. The molecule has 0 aromatic rings. The van der Waals surface area contributed by atoms with Crippen LogP contribution in [-0.4, -0.2) is 17.7 Å². The van der Waals surface area contributed by atoms with Crippen molar-refractivity contribution < 1.29 is 4.79 Å². The van der Waals surface area contributed by atoms with Gasteiger partial charge < -0.3 is 11.5 Å². The molecular formula is C6H9N3O. The highest BCUT2D eigenvalue weighted by Gasteiger charge is 2.12. The van der Waals surface area contributed by atoms with Gasteiger partial charge >= 0.3 is 0 Å². The minimum Gasteiger partial charge on any atom is -0.365 e. The first kappa shape index (κ1) is 6.95. The number of nitrogens with two attached hydrogens (primary N) is 2. The van der Waals surface area contributed by atoms with E-state index in [1.54, 1.807) is 6.08 Å². The number of primary amides is 1. The normalized spacial score (nSPS) is 24.1. The van der Waals surface area contributed by atoms with Crippen molar-refractivity contribution in [3.63, 3.8) is 0 Å². The molecule has 1 amide bonds. The molecule has 0 aromatic carbocycles. The molecule has 4 nitrogen and oxygen atoms in total. The van der Waals surface area contributed by atoms with Gasteiger partial charge in [0.05, 0.1) is 0 Å². The Morgan fingerprint density at radius 2 is 2.50 bits per heavy atom. The lowest BCUT2D eigenvalue weighted by Gasteiger charge is -2.09. The molecule has 0 saturated heterocycles. The predicted molar refractivity (Wildman–Crippen MR) is 38.4 cm³/mol. The fraction of sp³-hybridized carbons (Fsp3) is 0.333. The highest BCUT2D eigenvalue weighted by atomic mass is 16.1. The zero-order valence-corrected chi connectivity index (χ0v) is 5.45. The molecule has 1 heterocycles. The number of nitrogens with zero attached hydrogens (tertiary/aromatic N) is 1. The first-order chi connectivity index (χ1) is 4.70. The lowest BCUT2D eigenvalue weighted by Crippen LogP contribution is -2.31.